The summed E-state index contributed by atoms with van der Waals surface area (Å²) in [7, 11) is 4.07. The minimum atomic E-state index is 0.147. The van der Waals surface area contributed by atoms with Crippen LogP contribution in [0.3, 0.4) is 0 Å². The molecule has 2 rings (SSSR count). The van der Waals surface area contributed by atoms with Gasteiger partial charge in [0.1, 0.15) is 5.78 Å². The predicted octanol–water partition coefficient (Wildman–Crippen LogP) is 3.37. The van der Waals surface area contributed by atoms with Crippen molar-refractivity contribution in [2.24, 2.45) is 0 Å². The van der Waals surface area contributed by atoms with Crippen LogP contribution in [0.25, 0.3) is 0 Å². The zero-order chi connectivity index (χ0) is 12.3. The fourth-order valence-electron chi connectivity index (χ4n) is 2.52. The molecule has 1 atom stereocenters. The average molecular weight is 231 g/mol. The third-order valence-electron chi connectivity index (χ3n) is 3.62. The molecule has 0 heterocycles. The largest absolute Gasteiger partial charge is 0.378 e. The van der Waals surface area contributed by atoms with Gasteiger partial charge in [0.2, 0.25) is 0 Å². The molecule has 0 bridgehead atoms. The Hall–Kier alpha value is -1.31. The fourth-order valence-corrected chi connectivity index (χ4v) is 2.52. The summed E-state index contributed by atoms with van der Waals surface area (Å²) in [4.78, 5) is 14.1. The zero-order valence-electron chi connectivity index (χ0n) is 10.8. The summed E-state index contributed by atoms with van der Waals surface area (Å²) in [5.41, 5.74) is 2.39. The molecule has 1 unspecified atom stereocenters. The first-order valence-electron chi connectivity index (χ1n) is 6.48. The Balaban J connectivity index is 2.17. The molecule has 92 valence electrons. The number of hydrogen-bond acceptors (Lipinski definition) is 2. The molecule has 0 spiro atoms. The van der Waals surface area contributed by atoms with E-state index < -0.39 is 0 Å². The Bertz CT molecular complexity index is 380. The lowest BCUT2D eigenvalue weighted by atomic mass is 9.90. The van der Waals surface area contributed by atoms with E-state index in [0.717, 1.165) is 19.3 Å². The molecule has 0 aliphatic heterocycles. The Morgan fingerprint density at radius 2 is 1.76 bits per heavy atom. The number of ketones is 1. The molecule has 1 saturated carbocycles. The zero-order valence-corrected chi connectivity index (χ0v) is 10.8. The second-order valence-electron chi connectivity index (χ2n) is 5.10. The minimum Gasteiger partial charge on any atom is -0.378 e. The summed E-state index contributed by atoms with van der Waals surface area (Å²) < 4.78 is 0. The summed E-state index contributed by atoms with van der Waals surface area (Å²) in [5, 5.41) is 0. The van der Waals surface area contributed by atoms with Crippen LogP contribution < -0.4 is 4.90 Å². The van der Waals surface area contributed by atoms with E-state index in [-0.39, 0.29) is 5.92 Å². The number of rotatable bonds is 2. The van der Waals surface area contributed by atoms with Crippen molar-refractivity contribution < 1.29 is 4.79 Å². The summed E-state index contributed by atoms with van der Waals surface area (Å²) in [5.74, 6) is 0.578. The van der Waals surface area contributed by atoms with Gasteiger partial charge >= 0.3 is 0 Å². The van der Waals surface area contributed by atoms with Crippen molar-refractivity contribution in [3.63, 3.8) is 0 Å². The third-order valence-corrected chi connectivity index (χ3v) is 3.62. The summed E-state index contributed by atoms with van der Waals surface area (Å²) in [6, 6.07) is 8.44. The molecular formula is C15H21NO. The normalized spacial score (nSPS) is 21.1. The van der Waals surface area contributed by atoms with E-state index in [9.17, 15) is 4.79 Å². The van der Waals surface area contributed by atoms with Gasteiger partial charge in [0.15, 0.2) is 0 Å². The topological polar surface area (TPSA) is 20.3 Å². The Morgan fingerprint density at radius 1 is 1.06 bits per heavy atom. The van der Waals surface area contributed by atoms with Crippen molar-refractivity contribution in [2.45, 2.75) is 38.0 Å². The number of nitrogens with zero attached hydrogens (tertiary/aromatic N) is 1. The van der Waals surface area contributed by atoms with Gasteiger partial charge in [0.25, 0.3) is 0 Å². The molecule has 1 fully saturated rings. The van der Waals surface area contributed by atoms with Crippen molar-refractivity contribution >= 4 is 11.5 Å². The highest BCUT2D eigenvalue weighted by Crippen LogP contribution is 2.29. The molecule has 2 nitrogen and oxygen atoms in total. The predicted molar refractivity (Wildman–Crippen MR) is 71.6 cm³/mol. The fraction of sp³-hybridized carbons (Fsp3) is 0.533. The smallest absolute Gasteiger partial charge is 0.140 e. The van der Waals surface area contributed by atoms with Crippen LogP contribution >= 0.6 is 0 Å². The van der Waals surface area contributed by atoms with Crippen LogP contribution in [0.5, 0.6) is 0 Å². The van der Waals surface area contributed by atoms with E-state index in [4.69, 9.17) is 0 Å². The summed E-state index contributed by atoms with van der Waals surface area (Å²) in [6.45, 7) is 0. The first-order valence-corrected chi connectivity index (χ1v) is 6.48. The van der Waals surface area contributed by atoms with Gasteiger partial charge in [-0.1, -0.05) is 25.0 Å². The SMILES string of the molecule is CN(C)c1ccc(C2CCCCCC2=O)cc1. The van der Waals surface area contributed by atoms with E-state index >= 15 is 0 Å². The molecule has 2 heteroatoms. The first kappa shape index (κ1) is 12.2. The number of Topliss-reactive ketones (excluding diaryl/α,β-unsaturated/α-hetero) is 1. The van der Waals surface area contributed by atoms with Crippen LogP contribution in [0.4, 0.5) is 5.69 Å². The molecule has 0 N–H and O–H groups in total. The molecular weight excluding hydrogens is 210 g/mol. The van der Waals surface area contributed by atoms with Crippen molar-refractivity contribution in [3.8, 4) is 0 Å². The molecule has 1 aliphatic rings. The van der Waals surface area contributed by atoms with Crippen LogP contribution in [-0.4, -0.2) is 19.9 Å². The molecule has 17 heavy (non-hydrogen) atoms. The molecule has 0 radical (unpaired) electrons. The Labute approximate surface area is 104 Å². The third kappa shape index (κ3) is 2.87. The van der Waals surface area contributed by atoms with Crippen molar-refractivity contribution in [2.75, 3.05) is 19.0 Å². The van der Waals surface area contributed by atoms with Crippen LogP contribution in [0.1, 0.15) is 43.6 Å². The van der Waals surface area contributed by atoms with Gasteiger partial charge in [-0.2, -0.15) is 0 Å². The number of carbonyl (C=O) groups is 1. The minimum absolute atomic E-state index is 0.147. The maximum Gasteiger partial charge on any atom is 0.140 e. The van der Waals surface area contributed by atoms with Crippen LogP contribution in [0.2, 0.25) is 0 Å². The monoisotopic (exact) mass is 231 g/mol. The standard InChI is InChI=1S/C15H21NO/c1-16(2)13-10-8-12(9-11-13)14-6-4-3-5-7-15(14)17/h8-11,14H,3-7H2,1-2H3. The van der Waals surface area contributed by atoms with Gasteiger partial charge in [0, 0.05) is 32.1 Å². The maximum atomic E-state index is 12.0. The van der Waals surface area contributed by atoms with Gasteiger partial charge in [-0.05, 0) is 30.5 Å². The van der Waals surface area contributed by atoms with Crippen molar-refractivity contribution in [1.29, 1.82) is 0 Å². The van der Waals surface area contributed by atoms with Gasteiger partial charge < -0.3 is 4.90 Å². The van der Waals surface area contributed by atoms with Gasteiger partial charge in [-0.15, -0.1) is 0 Å². The summed E-state index contributed by atoms with van der Waals surface area (Å²) >= 11 is 0. The van der Waals surface area contributed by atoms with E-state index in [1.54, 1.807) is 0 Å². The van der Waals surface area contributed by atoms with Gasteiger partial charge in [0.05, 0.1) is 0 Å². The molecule has 0 amide bonds. The molecule has 1 aliphatic carbocycles. The van der Waals surface area contributed by atoms with Gasteiger partial charge in [-0.3, -0.25) is 4.79 Å². The second kappa shape index (κ2) is 5.35. The lowest BCUT2D eigenvalue weighted by Gasteiger charge is -2.16. The number of carbonyl (C=O) groups excluding carboxylic acids is 1. The maximum absolute atomic E-state index is 12.0. The van der Waals surface area contributed by atoms with E-state index in [1.165, 1.54) is 24.1 Å². The highest BCUT2D eigenvalue weighted by molar-refractivity contribution is 5.86. The van der Waals surface area contributed by atoms with Crippen LogP contribution in [0.15, 0.2) is 24.3 Å². The van der Waals surface area contributed by atoms with E-state index in [1.807, 2.05) is 14.1 Å². The average Bonchev–Trinajstić information content (AvgIpc) is 2.54. The lowest BCUT2D eigenvalue weighted by molar-refractivity contribution is -0.120. The lowest BCUT2D eigenvalue weighted by Crippen LogP contribution is -2.12. The van der Waals surface area contributed by atoms with Crippen molar-refractivity contribution in [3.05, 3.63) is 29.8 Å². The highest BCUT2D eigenvalue weighted by atomic mass is 16.1. The number of anilines is 1. The van der Waals surface area contributed by atoms with Crippen LogP contribution in [-0.2, 0) is 4.79 Å². The van der Waals surface area contributed by atoms with E-state index in [0.29, 0.717) is 5.78 Å². The van der Waals surface area contributed by atoms with Gasteiger partial charge in [-0.25, -0.2) is 0 Å². The summed E-state index contributed by atoms with van der Waals surface area (Å²) in [6.07, 6.45) is 5.26. The molecule has 1 aromatic rings. The van der Waals surface area contributed by atoms with Crippen LogP contribution in [0, 0.1) is 0 Å². The number of hydrogen-bond donors (Lipinski definition) is 0. The van der Waals surface area contributed by atoms with Crippen molar-refractivity contribution in [1.82, 2.24) is 0 Å². The molecule has 0 aromatic heterocycles. The highest BCUT2D eigenvalue weighted by Gasteiger charge is 2.22. The Morgan fingerprint density at radius 3 is 2.41 bits per heavy atom. The quantitative estimate of drug-likeness (QED) is 0.727. The first-order chi connectivity index (χ1) is 8.18. The molecule has 1 aromatic carbocycles. The second-order valence-corrected chi connectivity index (χ2v) is 5.10. The molecule has 0 saturated heterocycles. The van der Waals surface area contributed by atoms with E-state index in [2.05, 4.69) is 29.2 Å². The number of benzene rings is 1. The Kier molecular flexibility index (Phi) is 3.82.